The van der Waals surface area contributed by atoms with E-state index in [1.165, 1.54) is 0 Å². The minimum absolute atomic E-state index is 0.218. The molecule has 2 aromatic rings. The fourth-order valence-electron chi connectivity index (χ4n) is 2.08. The van der Waals surface area contributed by atoms with E-state index in [4.69, 9.17) is 41.2 Å². The molecule has 7 heteroatoms. The van der Waals surface area contributed by atoms with Crippen molar-refractivity contribution in [2.75, 3.05) is 11.9 Å². The fourth-order valence-corrected chi connectivity index (χ4v) is 2.65. The van der Waals surface area contributed by atoms with Crippen LogP contribution in [0.2, 0.25) is 10.0 Å². The maximum absolute atomic E-state index is 11.1. The molecule has 0 aliphatic rings. The third kappa shape index (κ3) is 5.67. The molecule has 0 aliphatic heterocycles. The maximum Gasteiger partial charge on any atom is 0.219 e. The molecular formula is C17H17Cl2N3OS. The van der Waals surface area contributed by atoms with Crippen molar-refractivity contribution in [3.8, 4) is 0 Å². The summed E-state index contributed by atoms with van der Waals surface area (Å²) in [6.45, 7) is 0.999. The Morgan fingerprint density at radius 3 is 2.46 bits per heavy atom. The average molecular weight is 382 g/mol. The van der Waals surface area contributed by atoms with Crippen LogP contribution in [0.1, 0.15) is 12.0 Å². The Labute approximate surface area is 156 Å². The van der Waals surface area contributed by atoms with Crippen LogP contribution in [0.15, 0.2) is 48.5 Å². The fraction of sp³-hybridized carbons (Fsp3) is 0.176. The number of hydrogen-bond acceptors (Lipinski definition) is 2. The molecule has 0 atom stereocenters. The highest BCUT2D eigenvalue weighted by molar-refractivity contribution is 7.80. The predicted molar refractivity (Wildman–Crippen MR) is 103 cm³/mol. The summed E-state index contributed by atoms with van der Waals surface area (Å²) in [5, 5.41) is 4.52. The molecule has 24 heavy (non-hydrogen) atoms. The van der Waals surface area contributed by atoms with Crippen molar-refractivity contribution in [2.24, 2.45) is 5.73 Å². The van der Waals surface area contributed by atoms with E-state index >= 15 is 0 Å². The van der Waals surface area contributed by atoms with Gasteiger partial charge in [-0.05, 0) is 36.0 Å². The number of thiocarbonyl (C=S) groups is 1. The molecule has 4 nitrogen and oxygen atoms in total. The number of primary amides is 1. The number of halogens is 2. The highest BCUT2D eigenvalue weighted by Crippen LogP contribution is 2.25. The number of nitrogens with one attached hydrogen (secondary N) is 1. The van der Waals surface area contributed by atoms with Gasteiger partial charge in [0, 0.05) is 25.2 Å². The first-order chi connectivity index (χ1) is 11.5. The van der Waals surface area contributed by atoms with Crippen LogP contribution in [0.5, 0.6) is 0 Å². The van der Waals surface area contributed by atoms with Gasteiger partial charge in [-0.3, -0.25) is 4.79 Å². The van der Waals surface area contributed by atoms with Crippen molar-refractivity contribution in [3.63, 3.8) is 0 Å². The molecule has 0 bridgehead atoms. The van der Waals surface area contributed by atoms with Crippen LogP contribution in [0.3, 0.4) is 0 Å². The first-order valence-corrected chi connectivity index (χ1v) is 8.45. The monoisotopic (exact) mass is 381 g/mol. The second-order valence-electron chi connectivity index (χ2n) is 5.18. The van der Waals surface area contributed by atoms with Crippen LogP contribution in [0.25, 0.3) is 0 Å². The molecule has 0 saturated heterocycles. The van der Waals surface area contributed by atoms with E-state index < -0.39 is 0 Å². The number of nitrogens with two attached hydrogens (primary N) is 1. The van der Waals surface area contributed by atoms with Gasteiger partial charge in [0.2, 0.25) is 5.91 Å². The molecule has 1 amide bonds. The smallest absolute Gasteiger partial charge is 0.219 e. The van der Waals surface area contributed by atoms with Gasteiger partial charge in [0.15, 0.2) is 5.11 Å². The topological polar surface area (TPSA) is 58.4 Å². The third-order valence-electron chi connectivity index (χ3n) is 3.30. The van der Waals surface area contributed by atoms with Crippen molar-refractivity contribution in [1.29, 1.82) is 0 Å². The zero-order valence-electron chi connectivity index (χ0n) is 12.8. The van der Waals surface area contributed by atoms with E-state index in [1.54, 1.807) is 18.2 Å². The predicted octanol–water partition coefficient (Wildman–Crippen LogP) is 4.07. The lowest BCUT2D eigenvalue weighted by atomic mass is 10.2. The largest absolute Gasteiger partial charge is 0.370 e. The zero-order chi connectivity index (χ0) is 17.5. The molecule has 2 rings (SSSR count). The first kappa shape index (κ1) is 18.5. The molecule has 0 aliphatic carbocycles. The quantitative estimate of drug-likeness (QED) is 0.740. The minimum Gasteiger partial charge on any atom is -0.370 e. The molecule has 2 aromatic carbocycles. The highest BCUT2D eigenvalue weighted by Gasteiger charge is 2.12. The van der Waals surface area contributed by atoms with Gasteiger partial charge in [0.1, 0.15) is 0 Å². The van der Waals surface area contributed by atoms with Gasteiger partial charge in [0.05, 0.1) is 10.0 Å². The summed E-state index contributed by atoms with van der Waals surface area (Å²) < 4.78 is 0. The Morgan fingerprint density at radius 1 is 1.12 bits per heavy atom. The summed E-state index contributed by atoms with van der Waals surface area (Å²) >= 11 is 17.4. The second kappa shape index (κ2) is 8.87. The van der Waals surface area contributed by atoms with E-state index in [0.29, 0.717) is 28.2 Å². The van der Waals surface area contributed by atoms with E-state index in [2.05, 4.69) is 5.32 Å². The molecule has 0 heterocycles. The van der Waals surface area contributed by atoms with E-state index in [0.717, 1.165) is 11.3 Å². The van der Waals surface area contributed by atoms with Gasteiger partial charge in [-0.25, -0.2) is 0 Å². The molecule has 126 valence electrons. The van der Waals surface area contributed by atoms with E-state index in [-0.39, 0.29) is 12.3 Å². The Kier molecular flexibility index (Phi) is 6.85. The van der Waals surface area contributed by atoms with Crippen molar-refractivity contribution >= 4 is 52.1 Å². The SMILES string of the molecule is NC(=O)CCN(Cc1ccccc1)C(=S)Nc1ccc(Cl)c(Cl)c1. The number of hydrogen-bond donors (Lipinski definition) is 2. The molecule has 0 saturated carbocycles. The molecular weight excluding hydrogens is 365 g/mol. The van der Waals surface area contributed by atoms with Gasteiger partial charge >= 0.3 is 0 Å². The molecule has 0 unspecified atom stereocenters. The average Bonchev–Trinajstić information content (AvgIpc) is 2.55. The third-order valence-corrected chi connectivity index (χ3v) is 4.40. The lowest BCUT2D eigenvalue weighted by Crippen LogP contribution is -2.36. The highest BCUT2D eigenvalue weighted by atomic mass is 35.5. The van der Waals surface area contributed by atoms with Crippen LogP contribution < -0.4 is 11.1 Å². The lowest BCUT2D eigenvalue weighted by molar-refractivity contribution is -0.118. The molecule has 3 N–H and O–H groups in total. The number of rotatable bonds is 6. The molecule has 0 aromatic heterocycles. The van der Waals surface area contributed by atoms with Gasteiger partial charge in [-0.15, -0.1) is 0 Å². The van der Waals surface area contributed by atoms with E-state index in [1.807, 2.05) is 35.2 Å². The van der Waals surface area contributed by atoms with Gasteiger partial charge in [-0.1, -0.05) is 53.5 Å². The molecule has 0 spiro atoms. The number of anilines is 1. The zero-order valence-corrected chi connectivity index (χ0v) is 15.2. The van der Waals surface area contributed by atoms with Crippen molar-refractivity contribution in [1.82, 2.24) is 4.90 Å². The summed E-state index contributed by atoms with van der Waals surface area (Å²) in [6.07, 6.45) is 0.218. The summed E-state index contributed by atoms with van der Waals surface area (Å²) in [4.78, 5) is 13.0. The minimum atomic E-state index is -0.370. The van der Waals surface area contributed by atoms with Crippen LogP contribution in [0.4, 0.5) is 5.69 Å². The summed E-state index contributed by atoms with van der Waals surface area (Å²) in [6, 6.07) is 15.0. The van der Waals surface area contributed by atoms with Crippen LogP contribution in [-0.4, -0.2) is 22.5 Å². The van der Waals surface area contributed by atoms with Crippen molar-refractivity contribution < 1.29 is 4.79 Å². The summed E-state index contributed by atoms with van der Waals surface area (Å²) in [7, 11) is 0. The number of carbonyl (C=O) groups excluding carboxylic acids is 1. The van der Waals surface area contributed by atoms with Crippen LogP contribution in [0, 0.1) is 0 Å². The standard InChI is InChI=1S/C17H17Cl2N3OS/c18-14-7-6-13(10-15(14)19)21-17(24)22(9-8-16(20)23)11-12-4-2-1-3-5-12/h1-7,10H,8-9,11H2,(H2,20,23)(H,21,24). The maximum atomic E-state index is 11.1. The van der Waals surface area contributed by atoms with Gasteiger partial charge in [0.25, 0.3) is 0 Å². The number of carbonyl (C=O) groups is 1. The number of nitrogens with zero attached hydrogens (tertiary/aromatic N) is 1. The van der Waals surface area contributed by atoms with Crippen molar-refractivity contribution in [2.45, 2.75) is 13.0 Å². The summed E-state index contributed by atoms with van der Waals surface area (Å²) in [5.74, 6) is -0.370. The van der Waals surface area contributed by atoms with Crippen molar-refractivity contribution in [3.05, 3.63) is 64.1 Å². The Balaban J connectivity index is 2.10. The lowest BCUT2D eigenvalue weighted by Gasteiger charge is -2.25. The number of amides is 1. The van der Waals surface area contributed by atoms with Crippen LogP contribution in [-0.2, 0) is 11.3 Å². The van der Waals surface area contributed by atoms with E-state index in [9.17, 15) is 4.79 Å². The van der Waals surface area contributed by atoms with Gasteiger partial charge < -0.3 is 16.0 Å². The second-order valence-corrected chi connectivity index (χ2v) is 6.38. The Bertz CT molecular complexity index is 725. The normalized spacial score (nSPS) is 10.2. The summed E-state index contributed by atoms with van der Waals surface area (Å²) in [5.41, 5.74) is 7.07. The number of benzene rings is 2. The Hall–Kier alpha value is -1.82. The Morgan fingerprint density at radius 2 is 1.83 bits per heavy atom. The first-order valence-electron chi connectivity index (χ1n) is 7.29. The van der Waals surface area contributed by atoms with Crippen LogP contribution >= 0.6 is 35.4 Å². The van der Waals surface area contributed by atoms with Gasteiger partial charge in [-0.2, -0.15) is 0 Å². The molecule has 0 radical (unpaired) electrons. The molecule has 0 fully saturated rings.